The lowest BCUT2D eigenvalue weighted by atomic mass is 10.1. The molecule has 0 aromatic heterocycles. The van der Waals surface area contributed by atoms with Gasteiger partial charge in [-0.15, -0.1) is 0 Å². The summed E-state index contributed by atoms with van der Waals surface area (Å²) in [6, 6.07) is 12.4. The van der Waals surface area contributed by atoms with Crippen LogP contribution in [0.25, 0.3) is 0 Å². The summed E-state index contributed by atoms with van der Waals surface area (Å²) in [5.74, 6) is 1.51. The molecule has 0 aliphatic heterocycles. The molecule has 0 aliphatic carbocycles. The number of methoxy groups -OCH3 is 1. The molecule has 2 aromatic rings. The zero-order valence-corrected chi connectivity index (χ0v) is 12.7. The second-order valence-electron chi connectivity index (χ2n) is 4.64. The molecule has 0 spiro atoms. The molecule has 22 heavy (non-hydrogen) atoms. The largest absolute Gasteiger partial charge is 0.493 e. The summed E-state index contributed by atoms with van der Waals surface area (Å²) < 4.78 is 16.0. The van der Waals surface area contributed by atoms with Crippen LogP contribution in [0.3, 0.4) is 0 Å². The van der Waals surface area contributed by atoms with Crippen LogP contribution in [0.1, 0.15) is 12.5 Å². The third kappa shape index (κ3) is 4.15. The maximum absolute atomic E-state index is 11.5. The van der Waals surface area contributed by atoms with Crippen molar-refractivity contribution in [3.05, 3.63) is 48.0 Å². The van der Waals surface area contributed by atoms with Gasteiger partial charge in [0.25, 0.3) is 0 Å². The third-order valence-electron chi connectivity index (χ3n) is 2.99. The van der Waals surface area contributed by atoms with Gasteiger partial charge in [0, 0.05) is 5.69 Å². The van der Waals surface area contributed by atoms with Gasteiger partial charge in [-0.1, -0.05) is 6.07 Å². The smallest absolute Gasteiger partial charge is 0.310 e. The Kier molecular flexibility index (Phi) is 5.25. The van der Waals surface area contributed by atoms with E-state index in [9.17, 15) is 4.79 Å². The summed E-state index contributed by atoms with van der Waals surface area (Å²) in [5, 5.41) is 0. The van der Waals surface area contributed by atoms with Crippen molar-refractivity contribution in [2.24, 2.45) is 0 Å². The molecule has 0 fully saturated rings. The van der Waals surface area contributed by atoms with Gasteiger partial charge >= 0.3 is 5.97 Å². The predicted molar refractivity (Wildman–Crippen MR) is 84.3 cm³/mol. The third-order valence-corrected chi connectivity index (χ3v) is 2.99. The van der Waals surface area contributed by atoms with Crippen LogP contribution in [0, 0.1) is 0 Å². The number of rotatable bonds is 6. The molecule has 0 radical (unpaired) electrons. The fourth-order valence-corrected chi connectivity index (χ4v) is 1.95. The van der Waals surface area contributed by atoms with E-state index >= 15 is 0 Å². The molecular formula is C17H19NO4. The maximum atomic E-state index is 11.5. The van der Waals surface area contributed by atoms with Crippen molar-refractivity contribution in [3.8, 4) is 17.2 Å². The summed E-state index contributed by atoms with van der Waals surface area (Å²) in [7, 11) is 1.55. The number of hydrogen-bond donors (Lipinski definition) is 1. The van der Waals surface area contributed by atoms with Crippen LogP contribution in [0.5, 0.6) is 17.2 Å². The molecule has 0 saturated heterocycles. The molecule has 5 nitrogen and oxygen atoms in total. The second-order valence-corrected chi connectivity index (χ2v) is 4.64. The highest BCUT2D eigenvalue weighted by atomic mass is 16.5. The van der Waals surface area contributed by atoms with Gasteiger partial charge < -0.3 is 19.9 Å². The van der Waals surface area contributed by atoms with Crippen LogP contribution < -0.4 is 15.2 Å². The molecule has 0 unspecified atom stereocenters. The molecule has 0 heterocycles. The van der Waals surface area contributed by atoms with Crippen LogP contribution in [0.4, 0.5) is 5.69 Å². The summed E-state index contributed by atoms with van der Waals surface area (Å²) in [5.41, 5.74) is 7.12. The number of benzene rings is 2. The Hall–Kier alpha value is -2.69. The van der Waals surface area contributed by atoms with E-state index in [0.29, 0.717) is 29.5 Å². The fourth-order valence-electron chi connectivity index (χ4n) is 1.95. The van der Waals surface area contributed by atoms with Crippen LogP contribution in [0.15, 0.2) is 42.5 Å². The first-order chi connectivity index (χ1) is 10.6. The minimum atomic E-state index is -0.267. The monoisotopic (exact) mass is 301 g/mol. The summed E-state index contributed by atoms with van der Waals surface area (Å²) in [6.45, 7) is 2.15. The van der Waals surface area contributed by atoms with Gasteiger partial charge in [0.1, 0.15) is 5.75 Å². The van der Waals surface area contributed by atoms with Gasteiger partial charge in [-0.3, -0.25) is 4.79 Å². The Bertz CT molecular complexity index is 638. The maximum Gasteiger partial charge on any atom is 0.310 e. The molecular weight excluding hydrogens is 282 g/mol. The number of carbonyl (C=O) groups excluding carboxylic acids is 1. The molecule has 0 aliphatic rings. The van der Waals surface area contributed by atoms with Gasteiger partial charge in [-0.25, -0.2) is 0 Å². The lowest BCUT2D eigenvalue weighted by Crippen LogP contribution is -2.07. The lowest BCUT2D eigenvalue weighted by molar-refractivity contribution is -0.142. The van der Waals surface area contributed by atoms with E-state index in [1.54, 1.807) is 50.4 Å². The normalized spacial score (nSPS) is 10.1. The highest BCUT2D eigenvalue weighted by molar-refractivity contribution is 5.73. The topological polar surface area (TPSA) is 70.8 Å². The zero-order valence-electron chi connectivity index (χ0n) is 12.7. The number of anilines is 1. The molecule has 0 bridgehead atoms. The minimum Gasteiger partial charge on any atom is -0.493 e. The van der Waals surface area contributed by atoms with Crippen LogP contribution >= 0.6 is 0 Å². The molecule has 2 N–H and O–H groups in total. The second kappa shape index (κ2) is 7.36. The molecule has 0 saturated carbocycles. The number of carbonyl (C=O) groups is 1. The van der Waals surface area contributed by atoms with Gasteiger partial charge in [0.2, 0.25) is 0 Å². The van der Waals surface area contributed by atoms with Gasteiger partial charge in [-0.2, -0.15) is 0 Å². The quantitative estimate of drug-likeness (QED) is 0.655. The highest BCUT2D eigenvalue weighted by Crippen LogP contribution is 2.32. The van der Waals surface area contributed by atoms with E-state index in [4.69, 9.17) is 19.9 Å². The predicted octanol–water partition coefficient (Wildman–Crippen LogP) is 3.18. The lowest BCUT2D eigenvalue weighted by Gasteiger charge is -2.12. The molecule has 116 valence electrons. The van der Waals surface area contributed by atoms with E-state index in [2.05, 4.69) is 0 Å². The summed E-state index contributed by atoms with van der Waals surface area (Å²) in [6.07, 6.45) is 0.201. The number of ether oxygens (including phenoxy) is 3. The summed E-state index contributed by atoms with van der Waals surface area (Å²) >= 11 is 0. The number of nitrogen functional groups attached to an aromatic ring is 1. The Labute approximate surface area is 129 Å². The Morgan fingerprint density at radius 2 is 1.82 bits per heavy atom. The first kappa shape index (κ1) is 15.7. The van der Waals surface area contributed by atoms with Gasteiger partial charge in [0.15, 0.2) is 11.5 Å². The molecule has 0 atom stereocenters. The van der Waals surface area contributed by atoms with Crippen molar-refractivity contribution in [1.82, 2.24) is 0 Å². The number of nitrogens with two attached hydrogens (primary N) is 1. The standard InChI is InChI=1S/C17H19NO4/c1-3-21-17(19)11-12-4-9-15(16(10-12)20-2)22-14-7-5-13(18)6-8-14/h4-10H,3,11,18H2,1-2H3. The van der Waals surface area contributed by atoms with Crippen molar-refractivity contribution < 1.29 is 19.0 Å². The average molecular weight is 301 g/mol. The molecule has 2 rings (SSSR count). The van der Waals surface area contributed by atoms with Crippen molar-refractivity contribution in [3.63, 3.8) is 0 Å². The summed E-state index contributed by atoms with van der Waals surface area (Å²) in [4.78, 5) is 11.5. The van der Waals surface area contributed by atoms with Crippen LogP contribution in [0.2, 0.25) is 0 Å². The van der Waals surface area contributed by atoms with Crippen molar-refractivity contribution in [2.75, 3.05) is 19.5 Å². The van der Waals surface area contributed by atoms with Crippen LogP contribution in [-0.2, 0) is 16.0 Å². The first-order valence-corrected chi connectivity index (χ1v) is 6.98. The van der Waals surface area contributed by atoms with Gasteiger partial charge in [-0.05, 0) is 48.9 Å². The molecule has 2 aromatic carbocycles. The Morgan fingerprint density at radius 1 is 1.09 bits per heavy atom. The Balaban J connectivity index is 2.15. The zero-order chi connectivity index (χ0) is 15.9. The Morgan fingerprint density at radius 3 is 2.45 bits per heavy atom. The van der Waals surface area contributed by atoms with E-state index in [0.717, 1.165) is 5.56 Å². The minimum absolute atomic E-state index is 0.201. The average Bonchev–Trinajstić information content (AvgIpc) is 2.51. The highest BCUT2D eigenvalue weighted by Gasteiger charge is 2.10. The SMILES string of the molecule is CCOC(=O)Cc1ccc(Oc2ccc(N)cc2)c(OC)c1. The van der Waals surface area contributed by atoms with E-state index in [1.807, 2.05) is 6.07 Å². The van der Waals surface area contributed by atoms with Gasteiger partial charge in [0.05, 0.1) is 20.1 Å². The van der Waals surface area contributed by atoms with Crippen molar-refractivity contribution in [2.45, 2.75) is 13.3 Å². The molecule has 0 amide bonds. The number of esters is 1. The first-order valence-electron chi connectivity index (χ1n) is 6.98. The van der Waals surface area contributed by atoms with Crippen molar-refractivity contribution in [1.29, 1.82) is 0 Å². The molecule has 5 heteroatoms. The van der Waals surface area contributed by atoms with E-state index in [1.165, 1.54) is 0 Å². The number of hydrogen-bond acceptors (Lipinski definition) is 5. The van der Waals surface area contributed by atoms with Crippen LogP contribution in [-0.4, -0.2) is 19.7 Å². The van der Waals surface area contributed by atoms with E-state index in [-0.39, 0.29) is 12.4 Å². The fraction of sp³-hybridized carbons (Fsp3) is 0.235. The van der Waals surface area contributed by atoms with Crippen molar-refractivity contribution >= 4 is 11.7 Å². The van der Waals surface area contributed by atoms with E-state index < -0.39 is 0 Å².